The minimum atomic E-state index is -3.19. The molecule has 2 aromatic heterocycles. The molecule has 1 aliphatic heterocycles. The first-order valence-corrected chi connectivity index (χ1v) is 12.0. The SMILES string of the molecule is CCN(CCn1c(=O)n(-c2ccncc2)c(=O)n1C)c1ccc(N2C[C@H](CNC(=O)C(F)F)OC2=O)cc1F. The number of ether oxygens (including phenoxy) is 1. The zero-order valence-corrected chi connectivity index (χ0v) is 21.1. The lowest BCUT2D eigenvalue weighted by Crippen LogP contribution is -2.37. The quantitative estimate of drug-likeness (QED) is 0.402. The number of likely N-dealkylation sites (N-methyl/N-ethyl adjacent to an activating group) is 1. The molecule has 3 aromatic rings. The minimum Gasteiger partial charge on any atom is -0.442 e. The first-order valence-electron chi connectivity index (χ1n) is 12.0. The van der Waals surface area contributed by atoms with Crippen LogP contribution >= 0.6 is 0 Å². The molecule has 0 bridgehead atoms. The van der Waals surface area contributed by atoms with E-state index in [9.17, 15) is 28.0 Å². The van der Waals surface area contributed by atoms with Crippen LogP contribution in [0, 0.1) is 5.82 Å². The summed E-state index contributed by atoms with van der Waals surface area (Å²) in [6, 6.07) is 7.20. The van der Waals surface area contributed by atoms with E-state index in [0.29, 0.717) is 12.2 Å². The molecular formula is C24H26F3N7O5. The van der Waals surface area contributed by atoms with Gasteiger partial charge >= 0.3 is 23.9 Å². The van der Waals surface area contributed by atoms with E-state index >= 15 is 4.39 Å². The molecule has 1 atom stereocenters. The van der Waals surface area contributed by atoms with Crippen molar-refractivity contribution < 1.29 is 27.5 Å². The fourth-order valence-electron chi connectivity index (χ4n) is 4.25. The molecule has 39 heavy (non-hydrogen) atoms. The highest BCUT2D eigenvalue weighted by Crippen LogP contribution is 2.28. The fourth-order valence-corrected chi connectivity index (χ4v) is 4.25. The van der Waals surface area contributed by atoms with Gasteiger partial charge in [-0.15, -0.1) is 0 Å². The summed E-state index contributed by atoms with van der Waals surface area (Å²) >= 11 is 0. The number of carbonyl (C=O) groups excluding carboxylic acids is 2. The zero-order chi connectivity index (χ0) is 28.3. The molecule has 208 valence electrons. The molecule has 2 amide bonds. The first kappa shape index (κ1) is 27.5. The van der Waals surface area contributed by atoms with Gasteiger partial charge < -0.3 is 15.0 Å². The highest BCUT2D eigenvalue weighted by molar-refractivity contribution is 5.90. The van der Waals surface area contributed by atoms with Gasteiger partial charge in [0.1, 0.15) is 11.9 Å². The molecule has 0 spiro atoms. The Morgan fingerprint density at radius 3 is 2.51 bits per heavy atom. The van der Waals surface area contributed by atoms with Crippen molar-refractivity contribution in [1.82, 2.24) is 24.2 Å². The number of rotatable bonds is 10. The minimum absolute atomic E-state index is 0.0654. The molecule has 1 saturated heterocycles. The summed E-state index contributed by atoms with van der Waals surface area (Å²) in [7, 11) is 1.47. The van der Waals surface area contributed by atoms with Crippen LogP contribution in [0.5, 0.6) is 0 Å². The number of halogens is 3. The van der Waals surface area contributed by atoms with Crippen LogP contribution in [0.4, 0.5) is 29.3 Å². The van der Waals surface area contributed by atoms with Crippen molar-refractivity contribution in [3.05, 3.63) is 69.5 Å². The summed E-state index contributed by atoms with van der Waals surface area (Å²) in [5.41, 5.74) is -0.307. The number of benzene rings is 1. The number of carbonyl (C=O) groups is 2. The normalized spacial score (nSPS) is 15.1. The lowest BCUT2D eigenvalue weighted by Gasteiger charge is -2.25. The van der Waals surface area contributed by atoms with Crippen molar-refractivity contribution in [2.45, 2.75) is 26.0 Å². The Balaban J connectivity index is 1.46. The third-order valence-electron chi connectivity index (χ3n) is 6.29. The van der Waals surface area contributed by atoms with Gasteiger partial charge in [-0.05, 0) is 37.3 Å². The van der Waals surface area contributed by atoms with E-state index in [2.05, 4.69) is 4.98 Å². The van der Waals surface area contributed by atoms with Crippen LogP contribution in [0.3, 0.4) is 0 Å². The summed E-state index contributed by atoms with van der Waals surface area (Å²) in [5, 5.41) is 1.99. The van der Waals surface area contributed by atoms with Gasteiger partial charge in [0, 0.05) is 32.5 Å². The topological polar surface area (TPSA) is 124 Å². The predicted octanol–water partition coefficient (Wildman–Crippen LogP) is 1.10. The standard InChI is InChI=1S/C24H26F3N7O5/c1-3-31(10-11-33-23(37)34(22(36)30(33)2)15-6-8-28-9-7-15)19-5-4-16(12-18(19)25)32-14-17(39-24(32)38)13-29-21(35)20(26)27/h4-9,12,17,20H,3,10-11,13-14H2,1-2H3,(H,29,35)/t17-/m0/s1. The van der Waals surface area contributed by atoms with E-state index in [0.717, 1.165) is 15.5 Å². The van der Waals surface area contributed by atoms with Crippen LogP contribution in [0.1, 0.15) is 6.92 Å². The summed E-state index contributed by atoms with van der Waals surface area (Å²) < 4.78 is 48.5. The van der Waals surface area contributed by atoms with Crippen molar-refractivity contribution in [1.29, 1.82) is 0 Å². The molecule has 12 nitrogen and oxygen atoms in total. The van der Waals surface area contributed by atoms with Crippen LogP contribution < -0.4 is 26.5 Å². The van der Waals surface area contributed by atoms with Crippen molar-refractivity contribution in [2.75, 3.05) is 36.0 Å². The van der Waals surface area contributed by atoms with E-state index < -0.39 is 41.7 Å². The molecule has 1 aromatic carbocycles. The van der Waals surface area contributed by atoms with E-state index in [1.165, 1.54) is 40.9 Å². The van der Waals surface area contributed by atoms with Gasteiger partial charge in [-0.3, -0.25) is 14.7 Å². The second-order valence-corrected chi connectivity index (χ2v) is 8.63. The fraction of sp³-hybridized carbons (Fsp3) is 0.375. The van der Waals surface area contributed by atoms with Crippen molar-refractivity contribution in [2.24, 2.45) is 7.05 Å². The average molecular weight is 550 g/mol. The van der Waals surface area contributed by atoms with Gasteiger partial charge in [0.2, 0.25) is 0 Å². The number of hydrogen-bond acceptors (Lipinski definition) is 7. The van der Waals surface area contributed by atoms with Gasteiger partial charge in [-0.1, -0.05) is 0 Å². The summed E-state index contributed by atoms with van der Waals surface area (Å²) in [5.74, 6) is -2.12. The Bertz CT molecular complexity index is 1470. The van der Waals surface area contributed by atoms with Crippen LogP contribution in [-0.4, -0.2) is 69.6 Å². The third kappa shape index (κ3) is 5.66. The van der Waals surface area contributed by atoms with Gasteiger partial charge in [-0.2, -0.15) is 8.78 Å². The van der Waals surface area contributed by atoms with Crippen molar-refractivity contribution in [3.8, 4) is 5.69 Å². The Morgan fingerprint density at radius 2 is 1.87 bits per heavy atom. The van der Waals surface area contributed by atoms with Crippen molar-refractivity contribution >= 4 is 23.4 Å². The highest BCUT2D eigenvalue weighted by Gasteiger charge is 2.33. The van der Waals surface area contributed by atoms with E-state index in [-0.39, 0.29) is 37.6 Å². The number of anilines is 2. The molecule has 0 radical (unpaired) electrons. The second-order valence-electron chi connectivity index (χ2n) is 8.63. The molecule has 3 heterocycles. The Kier molecular flexibility index (Phi) is 8.07. The summed E-state index contributed by atoms with van der Waals surface area (Å²) in [6.45, 7) is 2.08. The molecule has 15 heteroatoms. The maximum absolute atomic E-state index is 15.2. The number of nitrogens with one attached hydrogen (secondary N) is 1. The van der Waals surface area contributed by atoms with Crippen LogP contribution in [0.2, 0.25) is 0 Å². The van der Waals surface area contributed by atoms with E-state index in [1.807, 2.05) is 5.32 Å². The van der Waals surface area contributed by atoms with Gasteiger partial charge in [0.25, 0.3) is 5.91 Å². The van der Waals surface area contributed by atoms with Gasteiger partial charge in [0.15, 0.2) is 0 Å². The van der Waals surface area contributed by atoms with Crippen molar-refractivity contribution in [3.63, 3.8) is 0 Å². The summed E-state index contributed by atoms with van der Waals surface area (Å²) in [6.07, 6.45) is -1.93. The summed E-state index contributed by atoms with van der Waals surface area (Å²) in [4.78, 5) is 55.7. The van der Waals surface area contributed by atoms with E-state index in [1.54, 1.807) is 24.0 Å². The lowest BCUT2D eigenvalue weighted by atomic mass is 10.2. The number of cyclic esters (lactones) is 1. The molecule has 1 N–H and O–H groups in total. The Morgan fingerprint density at radius 1 is 1.15 bits per heavy atom. The number of amides is 2. The van der Waals surface area contributed by atoms with Crippen LogP contribution in [0.25, 0.3) is 5.69 Å². The molecule has 4 rings (SSSR count). The highest BCUT2D eigenvalue weighted by atomic mass is 19.3. The number of nitrogens with zero attached hydrogens (tertiary/aromatic N) is 6. The second kappa shape index (κ2) is 11.4. The van der Waals surface area contributed by atoms with Crippen LogP contribution in [-0.2, 0) is 23.1 Å². The Hall–Kier alpha value is -4.56. The molecule has 1 fully saturated rings. The van der Waals surface area contributed by atoms with Crippen LogP contribution in [0.15, 0.2) is 52.3 Å². The maximum Gasteiger partial charge on any atom is 0.414 e. The number of pyridine rings is 1. The lowest BCUT2D eigenvalue weighted by molar-refractivity contribution is -0.132. The first-order chi connectivity index (χ1) is 18.6. The molecule has 0 saturated carbocycles. The molecule has 0 aliphatic carbocycles. The monoisotopic (exact) mass is 549 g/mol. The number of alkyl halides is 2. The number of hydrogen-bond donors (Lipinski definition) is 1. The largest absolute Gasteiger partial charge is 0.442 e. The molecule has 1 aliphatic rings. The van der Waals surface area contributed by atoms with E-state index in [4.69, 9.17) is 4.74 Å². The predicted molar refractivity (Wildman–Crippen MR) is 134 cm³/mol. The molecule has 0 unspecified atom stereocenters. The Labute approximate surface area is 219 Å². The van der Waals surface area contributed by atoms with Gasteiger partial charge in [-0.25, -0.2) is 32.7 Å². The number of aromatic nitrogens is 4. The van der Waals surface area contributed by atoms with Gasteiger partial charge in [0.05, 0.1) is 36.7 Å². The maximum atomic E-state index is 15.2. The zero-order valence-electron chi connectivity index (χ0n) is 21.1. The smallest absolute Gasteiger partial charge is 0.414 e. The third-order valence-corrected chi connectivity index (χ3v) is 6.29. The average Bonchev–Trinajstić information content (AvgIpc) is 3.39. The molecular weight excluding hydrogens is 523 g/mol.